The fraction of sp³-hybridized carbons (Fsp3) is 0.118. The summed E-state index contributed by atoms with van der Waals surface area (Å²) >= 11 is 0. The van der Waals surface area contributed by atoms with E-state index in [9.17, 15) is 24.3 Å². The van der Waals surface area contributed by atoms with Crippen molar-refractivity contribution in [3.8, 4) is 44.7 Å². The Morgan fingerprint density at radius 1 is 0.272 bits per heavy atom. The predicted molar refractivity (Wildman–Crippen MR) is 319 cm³/mol. The summed E-state index contributed by atoms with van der Waals surface area (Å²) in [5.74, 6) is 0.480. The second kappa shape index (κ2) is 31.5. The van der Waals surface area contributed by atoms with Gasteiger partial charge >= 0.3 is 11.3 Å². The Morgan fingerprint density at radius 2 is 0.630 bits per heavy atom. The number of rotatable bonds is 12. The first-order valence-electron chi connectivity index (χ1n) is 26.3. The van der Waals surface area contributed by atoms with Crippen LogP contribution in [0.4, 0.5) is 0 Å². The zero-order valence-electron chi connectivity index (χ0n) is 50.6. The molecule has 24 heteroatoms. The van der Waals surface area contributed by atoms with Gasteiger partial charge in [-0.15, -0.1) is 0 Å². The Labute approximate surface area is 478 Å². The molecule has 0 atom stereocenters. The van der Waals surface area contributed by atoms with Gasteiger partial charge in [-0.25, -0.2) is 9.59 Å². The normalized spacial score (nSPS) is 10.0. The summed E-state index contributed by atoms with van der Waals surface area (Å²) in [7, 11) is 0. The van der Waals surface area contributed by atoms with Crippen molar-refractivity contribution in [2.75, 3.05) is 0 Å². The Kier molecular flexibility index (Phi) is 24.7. The standard InChI is InChI=1S/4C17H14O4.8Sg/c18-9-11-1-4-13(5-2-11)17-8-15(20)14-7-12(10-19)3-6-16(14)21-17;18-9-11-1-4-13(5-2-11)15-8-14-7-12(10-19)3-6-16(14)21-17(15)20;18-9-11-1-4-13(5-2-11)15-8-14-6-3-12(10-19)7-16(14)21-17(15)20;18-8-11-1-4-13(5-2-11)15-10-21-16-7-12(9-19)3-6-14(16)17(15)20;;;;;;;;/h3*1-8,18-19H,9-10H2;1-7,10,18-19H,8-9H2;;;;;;;;. The Balaban J connectivity index is 0.000000596. The minimum Gasteiger partial charge on any atom is -0.463 e. The molecule has 440 valence electrons. The van der Waals surface area contributed by atoms with Crippen LogP contribution in [0.2, 0.25) is 0 Å². The van der Waals surface area contributed by atoms with Gasteiger partial charge in [0.2, 0.25) is 0 Å². The van der Waals surface area contributed by atoms with E-state index in [4.69, 9.17) is 53.4 Å². The van der Waals surface area contributed by atoms with Crippen molar-refractivity contribution in [2.24, 2.45) is 0 Å². The molecule has 0 unspecified atom stereocenters. The van der Waals surface area contributed by atoms with Crippen molar-refractivity contribution in [3.63, 3.8) is 0 Å². The maximum Gasteiger partial charge on any atom is 0.344 e. The summed E-state index contributed by atoms with van der Waals surface area (Å²) in [5, 5.41) is 75.2. The number of aliphatic hydroxyl groups excluding tert-OH is 8. The van der Waals surface area contributed by atoms with Gasteiger partial charge in [0.05, 0.1) is 80.3 Å². The molecule has 92 heavy (non-hydrogen) atoms. The molecule has 16 nitrogen and oxygen atoms in total. The van der Waals surface area contributed by atoms with Gasteiger partial charge in [0, 0.05) is 22.4 Å². The molecule has 0 aliphatic heterocycles. The van der Waals surface area contributed by atoms with Gasteiger partial charge in [0.15, 0.2) is 10.9 Å². The quantitative estimate of drug-likeness (QED) is 0.0528. The van der Waals surface area contributed by atoms with E-state index in [2.05, 4.69) is 0 Å². The molecule has 4 heterocycles. The molecule has 0 saturated carbocycles. The van der Waals surface area contributed by atoms with Crippen LogP contribution >= 0.6 is 0 Å². The van der Waals surface area contributed by atoms with Crippen molar-refractivity contribution in [3.05, 3.63) is 280 Å². The molecule has 12 rings (SSSR count). The van der Waals surface area contributed by atoms with Gasteiger partial charge < -0.3 is 58.5 Å². The van der Waals surface area contributed by atoms with E-state index in [-0.39, 0.29) is 63.7 Å². The van der Waals surface area contributed by atoms with E-state index in [1.54, 1.807) is 176 Å². The molecule has 12 aromatic rings. The van der Waals surface area contributed by atoms with E-state index in [1.807, 2.05) is 6.07 Å². The molecule has 0 radical (unpaired) electrons. The first-order chi connectivity index (χ1) is 40.8. The molecule has 0 amide bonds. The van der Waals surface area contributed by atoms with Crippen molar-refractivity contribution < 1.29 is 58.5 Å². The summed E-state index contributed by atoms with van der Waals surface area (Å²) in [6, 6.07) is 54.0. The fourth-order valence-corrected chi connectivity index (χ4v) is 8.99. The number of fused-ring (bicyclic) bond motifs is 4. The third-order valence-electron chi connectivity index (χ3n) is 13.7. The average Bonchev–Trinajstić information content (AvgIpc) is 0.836. The molecule has 0 spiro atoms. The summed E-state index contributed by atoms with van der Waals surface area (Å²) in [4.78, 5) is 48.9. The van der Waals surface area contributed by atoms with Crippen molar-refractivity contribution >= 4 is 43.9 Å². The van der Waals surface area contributed by atoms with Gasteiger partial charge in [-0.05, 0) is 116 Å². The number of aliphatic hydroxyl groups is 8. The fourth-order valence-electron chi connectivity index (χ4n) is 8.99. The number of benzene rings is 8. The largest absolute Gasteiger partial charge is 0.463 e. The minimum atomic E-state index is -0.422. The molecule has 0 bridgehead atoms. The van der Waals surface area contributed by atoms with Crippen LogP contribution in [-0.2, 0) is 52.9 Å². The molecule has 0 aliphatic rings. The zero-order valence-corrected chi connectivity index (χ0v) is 102. The number of hydrogen-bond acceptors (Lipinski definition) is 16. The van der Waals surface area contributed by atoms with Crippen molar-refractivity contribution in [1.82, 2.24) is 0 Å². The average molecular weight is 3280 g/mol. The minimum absolute atomic E-state index is 0. The van der Waals surface area contributed by atoms with Gasteiger partial charge in [-0.2, -0.15) is 0 Å². The topological polar surface area (TPSA) is 283 Å². The number of hydrogen-bond donors (Lipinski definition) is 8. The summed E-state index contributed by atoms with van der Waals surface area (Å²) in [5.41, 5.74) is 11.2. The van der Waals surface area contributed by atoms with E-state index >= 15 is 0 Å². The molecule has 0 aliphatic carbocycles. The maximum absolute atomic E-state index is 12.5. The Bertz CT molecular complexity index is 4470. The van der Waals surface area contributed by atoms with E-state index in [0.717, 1.165) is 60.8 Å². The van der Waals surface area contributed by atoms with Crippen LogP contribution < -0.4 is 22.1 Å². The van der Waals surface area contributed by atoms with Crippen LogP contribution in [0.3, 0.4) is 0 Å². The van der Waals surface area contributed by atoms with Gasteiger partial charge in [-0.3, -0.25) is 9.59 Å². The molecular weight excluding hydrogens is 3220 g/mol. The first kappa shape index (κ1) is 72.3. The van der Waals surface area contributed by atoms with Gasteiger partial charge in [0.25, 0.3) is 0 Å². The second-order valence-corrected chi connectivity index (χ2v) is 19.3. The Hall–Kier alpha value is -17.7. The zero-order chi connectivity index (χ0) is 59.3. The maximum atomic E-state index is 12.5. The molecule has 4 aromatic heterocycles. The SMILES string of the molecule is O=c1c(-c2ccc(CO)cc2)coc2cc(CO)ccc12.O=c1cc(-c2ccc(CO)cc2)oc2ccc(CO)cc12.O=c1oc2cc(CO)ccc2cc1-c1ccc(CO)cc1.O=c1oc2ccc(CO)cc2cc1-c1ccc(CO)cc1.[Sg].[Sg].[Sg].[Sg].[Sg].[Sg].[Sg].[Sg]. The van der Waals surface area contributed by atoms with Crippen LogP contribution in [0.25, 0.3) is 88.6 Å². The summed E-state index contributed by atoms with van der Waals surface area (Å²) < 4.78 is 21.9. The van der Waals surface area contributed by atoms with E-state index in [0.29, 0.717) is 72.2 Å². The third-order valence-corrected chi connectivity index (χ3v) is 13.7. The van der Waals surface area contributed by atoms with Crippen molar-refractivity contribution in [1.29, 1.82) is 0 Å². The molecule has 0 fully saturated rings. The van der Waals surface area contributed by atoms with Crippen LogP contribution in [0, 0.1) is 0 Å². The summed E-state index contributed by atoms with van der Waals surface area (Å²) in [6.07, 6.45) is 1.43. The van der Waals surface area contributed by atoms with Crippen LogP contribution in [0.15, 0.2) is 231 Å². The van der Waals surface area contributed by atoms with Crippen LogP contribution in [0.5, 0.6) is 0 Å². The van der Waals surface area contributed by atoms with Gasteiger partial charge in [0.1, 0.15) is 34.4 Å². The van der Waals surface area contributed by atoms with E-state index in [1.165, 1.54) is 12.3 Å². The first-order valence-corrected chi connectivity index (χ1v) is 26.3. The molecular formula is C68H56O16Sg8. The summed E-state index contributed by atoms with van der Waals surface area (Å²) in [6.45, 7) is -0.477. The monoisotopic (exact) mass is 3300 g/mol. The van der Waals surface area contributed by atoms with E-state index < -0.39 is 11.3 Å². The molecule has 0 saturated heterocycles. The van der Waals surface area contributed by atoms with Crippen molar-refractivity contribution in [2.45, 2.75) is 52.9 Å². The Morgan fingerprint density at radius 3 is 1.10 bits per heavy atom. The van der Waals surface area contributed by atoms with Crippen LogP contribution in [-0.4, -0.2) is 40.9 Å². The molecule has 8 aromatic carbocycles. The second-order valence-electron chi connectivity index (χ2n) is 19.3. The van der Waals surface area contributed by atoms with Gasteiger partial charge in [-0.1, -0.05) is 127 Å². The van der Waals surface area contributed by atoms with Crippen LogP contribution in [0.1, 0.15) is 44.5 Å². The third kappa shape index (κ3) is 15.2. The molecule has 8 N–H and O–H groups in total. The predicted octanol–water partition coefficient (Wildman–Crippen LogP) is 9.78. The smallest absolute Gasteiger partial charge is 0.344 e.